The van der Waals surface area contributed by atoms with Crippen molar-refractivity contribution in [1.82, 2.24) is 9.71 Å². The van der Waals surface area contributed by atoms with Crippen molar-refractivity contribution in [2.45, 2.75) is 24.3 Å². The molecule has 2 aromatic rings. The minimum Gasteiger partial charge on any atom is -0.346 e. The minimum absolute atomic E-state index is 0.118. The zero-order valence-electron chi connectivity index (χ0n) is 12.0. The second kappa shape index (κ2) is 6.16. The lowest BCUT2D eigenvalue weighted by molar-refractivity contribution is 0.561. The summed E-state index contributed by atoms with van der Waals surface area (Å²) in [6, 6.07) is 4.81. The summed E-state index contributed by atoms with van der Waals surface area (Å²) in [5.74, 6) is 0. The van der Waals surface area contributed by atoms with Crippen LogP contribution in [0.3, 0.4) is 0 Å². The summed E-state index contributed by atoms with van der Waals surface area (Å²) in [5, 5.41) is 3.31. The van der Waals surface area contributed by atoms with E-state index in [-0.39, 0.29) is 10.9 Å². The van der Waals surface area contributed by atoms with Gasteiger partial charge in [0.15, 0.2) is 5.13 Å². The van der Waals surface area contributed by atoms with Crippen LogP contribution in [-0.2, 0) is 10.0 Å². The number of sulfonamides is 1. The maximum Gasteiger partial charge on any atom is 0.241 e. The van der Waals surface area contributed by atoms with E-state index in [1.165, 1.54) is 0 Å². The molecule has 1 fully saturated rings. The number of benzene rings is 1. The van der Waals surface area contributed by atoms with Gasteiger partial charge in [-0.2, -0.15) is 0 Å². The molecule has 1 aromatic carbocycles. The maximum atomic E-state index is 12.6. The molecule has 1 saturated heterocycles. The van der Waals surface area contributed by atoms with Crippen molar-refractivity contribution in [3.63, 3.8) is 0 Å². The Morgan fingerprint density at radius 1 is 1.45 bits per heavy atom. The van der Waals surface area contributed by atoms with Crippen LogP contribution in [0.1, 0.15) is 12.0 Å². The molecule has 1 aliphatic rings. The Labute approximate surface area is 139 Å². The van der Waals surface area contributed by atoms with E-state index in [9.17, 15) is 8.42 Å². The average Bonchev–Trinajstić information content (AvgIpc) is 3.11. The van der Waals surface area contributed by atoms with Crippen LogP contribution >= 0.6 is 22.9 Å². The molecule has 0 spiro atoms. The number of nitrogens with zero attached hydrogens (tertiary/aromatic N) is 2. The number of hydrogen-bond acceptors (Lipinski definition) is 5. The molecule has 1 atom stereocenters. The van der Waals surface area contributed by atoms with Crippen molar-refractivity contribution in [3.8, 4) is 0 Å². The number of aromatic nitrogens is 1. The van der Waals surface area contributed by atoms with Crippen molar-refractivity contribution in [1.29, 1.82) is 0 Å². The van der Waals surface area contributed by atoms with Crippen LogP contribution in [-0.4, -0.2) is 32.5 Å². The first-order chi connectivity index (χ1) is 10.5. The number of hydrogen-bond donors (Lipinski definition) is 1. The van der Waals surface area contributed by atoms with Crippen molar-refractivity contribution >= 4 is 38.1 Å². The van der Waals surface area contributed by atoms with Gasteiger partial charge in [-0.1, -0.05) is 17.7 Å². The molecule has 0 amide bonds. The minimum atomic E-state index is -3.57. The van der Waals surface area contributed by atoms with Gasteiger partial charge < -0.3 is 4.90 Å². The van der Waals surface area contributed by atoms with Crippen LogP contribution in [0.25, 0.3) is 0 Å². The van der Waals surface area contributed by atoms with Gasteiger partial charge in [0, 0.05) is 35.7 Å². The van der Waals surface area contributed by atoms with Gasteiger partial charge in [-0.3, -0.25) is 0 Å². The highest BCUT2D eigenvalue weighted by Crippen LogP contribution is 2.25. The van der Waals surface area contributed by atoms with E-state index >= 15 is 0 Å². The molecular formula is C14H16ClN3O2S2. The summed E-state index contributed by atoms with van der Waals surface area (Å²) in [4.78, 5) is 6.61. The molecule has 0 unspecified atom stereocenters. The highest BCUT2D eigenvalue weighted by atomic mass is 35.5. The number of halogens is 1. The summed E-state index contributed by atoms with van der Waals surface area (Å²) in [6.45, 7) is 3.15. The molecule has 0 radical (unpaired) electrons. The molecule has 0 saturated carbocycles. The third kappa shape index (κ3) is 3.12. The van der Waals surface area contributed by atoms with Gasteiger partial charge in [0.2, 0.25) is 10.0 Å². The van der Waals surface area contributed by atoms with Gasteiger partial charge >= 0.3 is 0 Å². The molecule has 0 bridgehead atoms. The van der Waals surface area contributed by atoms with E-state index < -0.39 is 10.0 Å². The summed E-state index contributed by atoms with van der Waals surface area (Å²) in [7, 11) is -3.57. The van der Waals surface area contributed by atoms with E-state index in [2.05, 4.69) is 14.6 Å². The van der Waals surface area contributed by atoms with Gasteiger partial charge in [0.1, 0.15) is 0 Å². The van der Waals surface area contributed by atoms with E-state index in [1.54, 1.807) is 42.7 Å². The topological polar surface area (TPSA) is 62.3 Å². The second-order valence-corrected chi connectivity index (χ2v) is 8.19. The predicted octanol–water partition coefficient (Wildman–Crippen LogP) is 2.66. The van der Waals surface area contributed by atoms with Crippen molar-refractivity contribution in [2.24, 2.45) is 0 Å². The molecule has 3 rings (SSSR count). The highest BCUT2D eigenvalue weighted by Gasteiger charge is 2.29. The Morgan fingerprint density at radius 3 is 3.00 bits per heavy atom. The second-order valence-electron chi connectivity index (χ2n) is 5.23. The smallest absolute Gasteiger partial charge is 0.241 e. The molecule has 118 valence electrons. The molecule has 1 aliphatic heterocycles. The third-order valence-corrected chi connectivity index (χ3v) is 6.61. The summed E-state index contributed by atoms with van der Waals surface area (Å²) >= 11 is 7.58. The number of rotatable bonds is 4. The van der Waals surface area contributed by atoms with Gasteiger partial charge in [0.05, 0.1) is 4.90 Å². The maximum absolute atomic E-state index is 12.6. The molecule has 0 aliphatic carbocycles. The fourth-order valence-electron chi connectivity index (χ4n) is 2.56. The lowest BCUT2D eigenvalue weighted by atomic mass is 10.2. The number of thiazole rings is 1. The molecule has 22 heavy (non-hydrogen) atoms. The number of anilines is 1. The van der Waals surface area contributed by atoms with Gasteiger partial charge in [0.25, 0.3) is 0 Å². The summed E-state index contributed by atoms with van der Waals surface area (Å²) in [5.41, 5.74) is 0.575. The Hall–Kier alpha value is -1.15. The monoisotopic (exact) mass is 357 g/mol. The van der Waals surface area contributed by atoms with Gasteiger partial charge in [-0.15, -0.1) is 11.3 Å². The number of nitrogens with one attached hydrogen (secondary N) is 1. The predicted molar refractivity (Wildman–Crippen MR) is 89.2 cm³/mol. The molecule has 5 nitrogen and oxygen atoms in total. The third-order valence-electron chi connectivity index (χ3n) is 3.71. The lowest BCUT2D eigenvalue weighted by Crippen LogP contribution is -2.37. The summed E-state index contributed by atoms with van der Waals surface area (Å²) < 4.78 is 27.9. The van der Waals surface area contributed by atoms with Crippen molar-refractivity contribution in [2.75, 3.05) is 18.0 Å². The Morgan fingerprint density at radius 2 is 2.27 bits per heavy atom. The Kier molecular flexibility index (Phi) is 4.40. The fourth-order valence-corrected chi connectivity index (χ4v) is 5.00. The first kappa shape index (κ1) is 15.7. The van der Waals surface area contributed by atoms with Crippen LogP contribution in [0.5, 0.6) is 0 Å². The normalized spacial score (nSPS) is 18.8. The molecule has 8 heteroatoms. The SMILES string of the molecule is Cc1c(Cl)cccc1S(=O)(=O)N[C@@H]1CCN(c2nccs2)C1. The largest absolute Gasteiger partial charge is 0.346 e. The first-order valence-corrected chi connectivity index (χ1v) is 9.63. The highest BCUT2D eigenvalue weighted by molar-refractivity contribution is 7.89. The van der Waals surface area contributed by atoms with E-state index in [0.717, 1.165) is 18.1 Å². The van der Waals surface area contributed by atoms with Crippen LogP contribution in [0, 0.1) is 6.92 Å². The van der Waals surface area contributed by atoms with Crippen LogP contribution in [0.15, 0.2) is 34.7 Å². The fraction of sp³-hybridized carbons (Fsp3) is 0.357. The Bertz CT molecular complexity index is 762. The standard InChI is InChI=1S/C14H16ClN3O2S2/c1-10-12(15)3-2-4-13(10)22(19,20)17-11-5-7-18(9-11)14-16-6-8-21-14/h2-4,6,8,11,17H,5,7,9H2,1H3/t11-/m1/s1. The van der Waals surface area contributed by atoms with Gasteiger partial charge in [-0.25, -0.2) is 18.1 Å². The first-order valence-electron chi connectivity index (χ1n) is 6.89. The Balaban J connectivity index is 1.74. The quantitative estimate of drug-likeness (QED) is 0.913. The van der Waals surface area contributed by atoms with Crippen molar-refractivity contribution in [3.05, 3.63) is 40.4 Å². The zero-order valence-corrected chi connectivity index (χ0v) is 14.4. The lowest BCUT2D eigenvalue weighted by Gasteiger charge is -2.17. The van der Waals surface area contributed by atoms with E-state index in [1.807, 2.05) is 5.38 Å². The van der Waals surface area contributed by atoms with Crippen LogP contribution < -0.4 is 9.62 Å². The molecule has 2 heterocycles. The van der Waals surface area contributed by atoms with Gasteiger partial charge in [-0.05, 0) is 31.0 Å². The average molecular weight is 358 g/mol. The summed E-state index contributed by atoms with van der Waals surface area (Å²) in [6.07, 6.45) is 2.52. The van der Waals surface area contributed by atoms with Crippen LogP contribution in [0.2, 0.25) is 5.02 Å². The van der Waals surface area contributed by atoms with E-state index in [0.29, 0.717) is 17.1 Å². The van der Waals surface area contributed by atoms with E-state index in [4.69, 9.17) is 11.6 Å². The van der Waals surface area contributed by atoms with Crippen molar-refractivity contribution < 1.29 is 8.42 Å². The molecule has 1 N–H and O–H groups in total. The zero-order chi connectivity index (χ0) is 15.7. The molecule has 1 aromatic heterocycles. The molecular weight excluding hydrogens is 342 g/mol. The van der Waals surface area contributed by atoms with Crippen LogP contribution in [0.4, 0.5) is 5.13 Å².